The molecule has 0 saturated carbocycles. The number of fused-ring (bicyclic) bond motifs is 2. The first-order valence-electron chi connectivity index (χ1n) is 15.4. The fourth-order valence-electron chi connectivity index (χ4n) is 5.52. The first-order chi connectivity index (χ1) is 21.7. The second-order valence-corrected chi connectivity index (χ2v) is 11.6. The highest BCUT2D eigenvalue weighted by atomic mass is 35.5. The van der Waals surface area contributed by atoms with Gasteiger partial charge in [0, 0.05) is 50.4 Å². The molecule has 0 radical (unpaired) electrons. The molecule has 0 aromatic heterocycles. The molecule has 0 spiro atoms. The lowest BCUT2D eigenvalue weighted by molar-refractivity contribution is 0.0375. The summed E-state index contributed by atoms with van der Waals surface area (Å²) in [7, 11) is 0. The van der Waals surface area contributed by atoms with Crippen molar-refractivity contribution in [1.82, 2.24) is 31.3 Å². The van der Waals surface area contributed by atoms with E-state index in [0.29, 0.717) is 10.2 Å². The van der Waals surface area contributed by atoms with E-state index in [-0.39, 0.29) is 24.8 Å². The predicted octanol–water partition coefficient (Wildman–Crippen LogP) is 3.88. The van der Waals surface area contributed by atoms with E-state index in [1.807, 2.05) is 36.7 Å². The monoisotopic (exact) mass is 706 g/mol. The zero-order chi connectivity index (χ0) is 30.4. The second kappa shape index (κ2) is 20.5. The van der Waals surface area contributed by atoms with Gasteiger partial charge < -0.3 is 20.1 Å². The van der Waals surface area contributed by atoms with Crippen LogP contribution in [-0.2, 0) is 9.47 Å². The van der Waals surface area contributed by atoms with Crippen molar-refractivity contribution < 1.29 is 9.47 Å². The first kappa shape index (κ1) is 37.8. The van der Waals surface area contributed by atoms with E-state index in [0.717, 1.165) is 124 Å². The molecule has 2 heterocycles. The molecule has 2 aliphatic rings. The molecule has 0 amide bonds. The van der Waals surface area contributed by atoms with Crippen LogP contribution in [0.25, 0.3) is 21.5 Å². The van der Waals surface area contributed by atoms with E-state index >= 15 is 0 Å². The molecule has 10 nitrogen and oxygen atoms in total. The fourth-order valence-corrected chi connectivity index (χ4v) is 5.83. The Morgan fingerprint density at radius 2 is 0.978 bits per heavy atom. The van der Waals surface area contributed by atoms with E-state index in [1.54, 1.807) is 0 Å². The van der Waals surface area contributed by atoms with Crippen molar-refractivity contribution in [2.24, 2.45) is 10.2 Å². The number of halogens is 2. The molecule has 0 bridgehead atoms. The van der Waals surface area contributed by atoms with Crippen LogP contribution in [0.4, 0.5) is 0 Å². The van der Waals surface area contributed by atoms with Crippen LogP contribution in [0.2, 0.25) is 0 Å². The zero-order valence-electron chi connectivity index (χ0n) is 25.9. The minimum atomic E-state index is 0. The maximum Gasteiger partial charge on any atom is 0.186 e. The lowest BCUT2D eigenvalue weighted by atomic mass is 9.92. The summed E-state index contributed by atoms with van der Waals surface area (Å²) in [4.78, 5) is 4.83. The first-order valence-corrected chi connectivity index (χ1v) is 16.2. The van der Waals surface area contributed by atoms with Crippen molar-refractivity contribution in [3.63, 3.8) is 0 Å². The third-order valence-electron chi connectivity index (χ3n) is 7.82. The Kier molecular flexibility index (Phi) is 16.9. The van der Waals surface area contributed by atoms with Crippen molar-refractivity contribution in [3.05, 3.63) is 59.7 Å². The van der Waals surface area contributed by atoms with Crippen LogP contribution in [0.5, 0.6) is 0 Å². The van der Waals surface area contributed by atoms with E-state index in [2.05, 4.69) is 65.8 Å². The van der Waals surface area contributed by atoms with Gasteiger partial charge in [0.25, 0.3) is 0 Å². The van der Waals surface area contributed by atoms with Crippen LogP contribution < -0.4 is 21.5 Å². The molecule has 3 aromatic carbocycles. The van der Waals surface area contributed by atoms with Gasteiger partial charge in [0.1, 0.15) is 0 Å². The standard InChI is InChI=1S/C32H42N8O2S2.2ClH/c43-31(33-11-5-13-39-15-19-41-20-16-39)37-35-23-29-25-7-1-2-8-26(25)30(28-10-4-3-9-27(28)29)24-36-38-32(44)34-12-6-14-40-17-21-42-22-18-40;;/h1-4,7-10,23-24H,5-6,11-22H2,(H2,33,37,43)(H2,34,38,44);2*1H/b35-23+,36-24+;;. The Bertz CT molecular complexity index is 1300. The predicted molar refractivity (Wildman–Crippen MR) is 202 cm³/mol. The number of hydrogen-bond donors (Lipinski definition) is 4. The summed E-state index contributed by atoms with van der Waals surface area (Å²) in [6.45, 7) is 10.9. The summed E-state index contributed by atoms with van der Waals surface area (Å²) in [6.07, 6.45) is 5.71. The van der Waals surface area contributed by atoms with Gasteiger partial charge in [-0.25, -0.2) is 0 Å². The van der Waals surface area contributed by atoms with Gasteiger partial charge in [-0.15, -0.1) is 24.8 Å². The topological polar surface area (TPSA) is 97.8 Å². The third-order valence-corrected chi connectivity index (χ3v) is 8.29. The lowest BCUT2D eigenvalue weighted by Crippen LogP contribution is -2.39. The number of hydrazone groups is 2. The Hall–Kier alpha value is -2.68. The van der Waals surface area contributed by atoms with E-state index in [1.165, 1.54) is 0 Å². The minimum absolute atomic E-state index is 0. The number of benzene rings is 3. The highest BCUT2D eigenvalue weighted by Crippen LogP contribution is 2.31. The van der Waals surface area contributed by atoms with Crippen LogP contribution in [-0.4, -0.2) is 111 Å². The molecule has 0 atom stereocenters. The molecule has 14 heteroatoms. The smallest absolute Gasteiger partial charge is 0.186 e. The SMILES string of the molecule is Cl.Cl.S=C(NCCCN1CCOCC1)N/N=C/c1c2ccccc2c(/C=N/NC(=S)NCCCN2CCOCC2)c2ccccc12. The summed E-state index contributed by atoms with van der Waals surface area (Å²) in [5.74, 6) is 0. The van der Waals surface area contributed by atoms with Gasteiger partial charge in [0.2, 0.25) is 0 Å². The molecular weight excluding hydrogens is 663 g/mol. The fraction of sp³-hybridized carbons (Fsp3) is 0.438. The second-order valence-electron chi connectivity index (χ2n) is 10.8. The van der Waals surface area contributed by atoms with E-state index < -0.39 is 0 Å². The maximum absolute atomic E-state index is 5.47. The van der Waals surface area contributed by atoms with Crippen LogP contribution in [0, 0.1) is 0 Å². The van der Waals surface area contributed by atoms with Crippen LogP contribution >= 0.6 is 49.2 Å². The van der Waals surface area contributed by atoms with Gasteiger partial charge in [-0.3, -0.25) is 20.7 Å². The van der Waals surface area contributed by atoms with Gasteiger partial charge >= 0.3 is 0 Å². The lowest BCUT2D eigenvalue weighted by Gasteiger charge is -2.26. The van der Waals surface area contributed by atoms with Gasteiger partial charge in [0.15, 0.2) is 10.2 Å². The molecule has 2 aliphatic heterocycles. The normalized spacial score (nSPS) is 15.8. The summed E-state index contributed by atoms with van der Waals surface area (Å²) in [5.41, 5.74) is 8.01. The highest BCUT2D eigenvalue weighted by molar-refractivity contribution is 7.80. The molecule has 3 aromatic rings. The molecule has 5 rings (SSSR count). The van der Waals surface area contributed by atoms with Crippen LogP contribution in [0.15, 0.2) is 58.7 Å². The Balaban J connectivity index is 0.00000288. The molecule has 0 aliphatic carbocycles. The quantitative estimate of drug-likeness (QED) is 0.0731. The minimum Gasteiger partial charge on any atom is -0.379 e. The van der Waals surface area contributed by atoms with Crippen molar-refractivity contribution in [2.75, 3.05) is 78.8 Å². The average Bonchev–Trinajstić information content (AvgIpc) is 3.07. The molecule has 0 unspecified atom stereocenters. The van der Waals surface area contributed by atoms with Gasteiger partial charge in [-0.1, -0.05) is 48.5 Å². The van der Waals surface area contributed by atoms with Gasteiger partial charge in [-0.05, 0) is 71.9 Å². The summed E-state index contributed by atoms with van der Waals surface area (Å²) in [5, 5.41) is 20.8. The van der Waals surface area contributed by atoms with Gasteiger partial charge in [0.05, 0.1) is 38.9 Å². The number of ether oxygens (including phenoxy) is 2. The molecular formula is C32H44Cl2N8O2S2. The molecule has 250 valence electrons. The van der Waals surface area contributed by atoms with Crippen molar-refractivity contribution >= 4 is 93.4 Å². The number of rotatable bonds is 12. The summed E-state index contributed by atoms with van der Waals surface area (Å²) < 4.78 is 10.8. The maximum atomic E-state index is 5.47. The largest absolute Gasteiger partial charge is 0.379 e. The zero-order valence-corrected chi connectivity index (χ0v) is 29.2. The Morgan fingerprint density at radius 1 is 0.630 bits per heavy atom. The molecule has 46 heavy (non-hydrogen) atoms. The van der Waals surface area contributed by atoms with Crippen LogP contribution in [0.3, 0.4) is 0 Å². The molecule has 2 saturated heterocycles. The summed E-state index contributed by atoms with van der Waals surface area (Å²) in [6, 6.07) is 16.6. The number of thiocarbonyl (C=S) groups is 2. The number of morpholine rings is 2. The van der Waals surface area contributed by atoms with E-state index in [4.69, 9.17) is 33.9 Å². The third kappa shape index (κ3) is 11.2. The summed E-state index contributed by atoms with van der Waals surface area (Å²) >= 11 is 10.9. The Labute approximate surface area is 294 Å². The van der Waals surface area contributed by atoms with E-state index in [9.17, 15) is 0 Å². The molecule has 2 fully saturated rings. The number of hydrogen-bond acceptors (Lipinski definition) is 8. The Morgan fingerprint density at radius 3 is 1.33 bits per heavy atom. The average molecular weight is 708 g/mol. The molecule has 4 N–H and O–H groups in total. The highest BCUT2D eigenvalue weighted by Gasteiger charge is 2.13. The van der Waals surface area contributed by atoms with Crippen LogP contribution in [0.1, 0.15) is 24.0 Å². The number of nitrogens with one attached hydrogen (secondary N) is 4. The van der Waals surface area contributed by atoms with Crippen molar-refractivity contribution in [1.29, 1.82) is 0 Å². The van der Waals surface area contributed by atoms with Crippen molar-refractivity contribution in [3.8, 4) is 0 Å². The number of nitrogens with zero attached hydrogens (tertiary/aromatic N) is 4. The van der Waals surface area contributed by atoms with Crippen molar-refractivity contribution in [2.45, 2.75) is 12.8 Å². The van der Waals surface area contributed by atoms with Gasteiger partial charge in [-0.2, -0.15) is 10.2 Å².